The van der Waals surface area contributed by atoms with E-state index >= 15 is 0 Å². The van der Waals surface area contributed by atoms with Gasteiger partial charge in [0.05, 0.1) is 26.4 Å². The zero-order valence-corrected chi connectivity index (χ0v) is 7.21. The highest BCUT2D eigenvalue weighted by Crippen LogP contribution is 1.85. The number of hydrogen-bond acceptors (Lipinski definition) is 5. The van der Waals surface area contributed by atoms with Gasteiger partial charge in [0.1, 0.15) is 0 Å². The molecule has 0 aliphatic rings. The molecule has 6 heteroatoms. The van der Waals surface area contributed by atoms with Gasteiger partial charge in [-0.3, -0.25) is 9.68 Å². The van der Waals surface area contributed by atoms with Gasteiger partial charge in [-0.15, -0.1) is 12.4 Å². The van der Waals surface area contributed by atoms with E-state index in [1.165, 1.54) is 0 Å². The maximum atomic E-state index is 8.28. The second-order valence-corrected chi connectivity index (χ2v) is 1.55. The quantitative estimate of drug-likeness (QED) is 0.533. The number of hydrogen-bond donors (Lipinski definition) is 2. The first kappa shape index (κ1) is 13.7. The minimum absolute atomic E-state index is 0. The Morgan fingerprint density at radius 1 is 1.09 bits per heavy atom. The molecule has 0 aromatic heterocycles. The lowest BCUT2D eigenvalue weighted by Crippen LogP contribution is -2.22. The van der Waals surface area contributed by atoms with Crippen LogP contribution >= 0.6 is 12.4 Å². The molecule has 11 heavy (non-hydrogen) atoms. The van der Waals surface area contributed by atoms with Crippen LogP contribution in [0.15, 0.2) is 0 Å². The molecule has 0 aliphatic carbocycles. The van der Waals surface area contributed by atoms with Crippen molar-refractivity contribution in [3.8, 4) is 0 Å². The number of hydroxylamine groups is 2. The highest BCUT2D eigenvalue weighted by Gasteiger charge is 1.95. The average Bonchev–Trinajstić information content (AvgIpc) is 1.97. The summed E-state index contributed by atoms with van der Waals surface area (Å²) in [5, 5.41) is 17.7. The van der Waals surface area contributed by atoms with Gasteiger partial charge in [-0.05, 0) is 0 Å². The van der Waals surface area contributed by atoms with Crippen molar-refractivity contribution in [2.75, 3.05) is 33.5 Å². The molecule has 0 heterocycles. The largest absolute Gasteiger partial charge is 0.394 e. The fourth-order valence-corrected chi connectivity index (χ4v) is 0.376. The molecule has 0 radical (unpaired) electrons. The van der Waals surface area contributed by atoms with Crippen molar-refractivity contribution in [3.63, 3.8) is 0 Å². The molecule has 70 valence electrons. The molecule has 0 rings (SSSR count). The Morgan fingerprint density at radius 3 is 1.73 bits per heavy atom. The lowest BCUT2D eigenvalue weighted by Gasteiger charge is -2.13. The Morgan fingerprint density at radius 2 is 1.45 bits per heavy atom. The number of halogens is 1. The molecule has 0 aromatic rings. The Kier molecular flexibility index (Phi) is 12.5. The van der Waals surface area contributed by atoms with Gasteiger partial charge in [0, 0.05) is 7.05 Å². The van der Waals surface area contributed by atoms with Crippen molar-refractivity contribution < 1.29 is 19.9 Å². The normalized spacial score (nSPS) is 9.82. The van der Waals surface area contributed by atoms with Gasteiger partial charge in [-0.1, -0.05) is 5.23 Å². The zero-order valence-electron chi connectivity index (χ0n) is 6.39. The van der Waals surface area contributed by atoms with Crippen LogP contribution in [0, 0.1) is 0 Å². The van der Waals surface area contributed by atoms with Crippen molar-refractivity contribution in [2.45, 2.75) is 0 Å². The lowest BCUT2D eigenvalue weighted by atomic mass is 10.8. The van der Waals surface area contributed by atoms with Crippen molar-refractivity contribution >= 4 is 12.4 Å². The minimum Gasteiger partial charge on any atom is -0.394 e. The highest BCUT2D eigenvalue weighted by molar-refractivity contribution is 5.85. The van der Waals surface area contributed by atoms with E-state index in [1.807, 2.05) is 0 Å². The summed E-state index contributed by atoms with van der Waals surface area (Å²) in [6, 6.07) is 0. The fourth-order valence-electron chi connectivity index (χ4n) is 0.376. The Labute approximate surface area is 71.8 Å². The topological polar surface area (TPSA) is 62.2 Å². The first-order valence-electron chi connectivity index (χ1n) is 3.02. The molecule has 0 unspecified atom stereocenters. The molecular weight excluding hydrogens is 174 g/mol. The molecule has 0 aliphatic heterocycles. The standard InChI is InChI=1S/C5H13NO4.ClH/c1-6(9-4-2-7)10-5-3-8;/h7-8H,2-5H2,1H3;1H. The van der Waals surface area contributed by atoms with Crippen LogP contribution in [0.2, 0.25) is 0 Å². The summed E-state index contributed by atoms with van der Waals surface area (Å²) in [6.07, 6.45) is 0. The molecule has 0 amide bonds. The molecule has 2 N–H and O–H groups in total. The molecule has 0 spiro atoms. The molecular formula is C5H14ClNO4. The van der Waals surface area contributed by atoms with Crippen molar-refractivity contribution in [3.05, 3.63) is 0 Å². The van der Waals surface area contributed by atoms with E-state index in [0.29, 0.717) is 0 Å². The van der Waals surface area contributed by atoms with E-state index in [0.717, 1.165) is 5.23 Å². The molecule has 0 aromatic carbocycles. The van der Waals surface area contributed by atoms with Crippen molar-refractivity contribution in [1.29, 1.82) is 0 Å². The van der Waals surface area contributed by atoms with E-state index < -0.39 is 0 Å². The van der Waals surface area contributed by atoms with Gasteiger partial charge in [-0.2, -0.15) is 0 Å². The van der Waals surface area contributed by atoms with Gasteiger partial charge < -0.3 is 10.2 Å². The van der Waals surface area contributed by atoms with Gasteiger partial charge in [0.25, 0.3) is 0 Å². The number of nitrogens with zero attached hydrogens (tertiary/aromatic N) is 1. The predicted octanol–water partition coefficient (Wildman–Crippen LogP) is -0.812. The third-order valence-corrected chi connectivity index (χ3v) is 0.729. The number of rotatable bonds is 6. The van der Waals surface area contributed by atoms with Crippen LogP contribution in [0.4, 0.5) is 0 Å². The van der Waals surface area contributed by atoms with Gasteiger partial charge in [0.15, 0.2) is 0 Å². The molecule has 0 fully saturated rings. The average molecular weight is 188 g/mol. The predicted molar refractivity (Wildman–Crippen MR) is 41.1 cm³/mol. The van der Waals surface area contributed by atoms with Crippen LogP contribution < -0.4 is 0 Å². The summed E-state index contributed by atoms with van der Waals surface area (Å²) >= 11 is 0. The van der Waals surface area contributed by atoms with Crippen molar-refractivity contribution in [1.82, 2.24) is 5.23 Å². The number of aliphatic hydroxyl groups excluding tert-OH is 2. The van der Waals surface area contributed by atoms with Crippen LogP contribution in [-0.4, -0.2) is 48.9 Å². The first-order chi connectivity index (χ1) is 4.81. The minimum atomic E-state index is -0.0488. The van der Waals surface area contributed by atoms with E-state index in [2.05, 4.69) is 0 Å². The van der Waals surface area contributed by atoms with Gasteiger partial charge in [-0.25, -0.2) is 0 Å². The maximum absolute atomic E-state index is 8.28. The molecule has 0 bridgehead atoms. The summed E-state index contributed by atoms with van der Waals surface area (Å²) < 4.78 is 0. The van der Waals surface area contributed by atoms with E-state index in [-0.39, 0.29) is 38.8 Å². The maximum Gasteiger partial charge on any atom is 0.0942 e. The molecule has 5 nitrogen and oxygen atoms in total. The van der Waals surface area contributed by atoms with Crippen LogP contribution in [0.25, 0.3) is 0 Å². The van der Waals surface area contributed by atoms with Crippen LogP contribution in [0.5, 0.6) is 0 Å². The number of aliphatic hydroxyl groups is 2. The van der Waals surface area contributed by atoms with Gasteiger partial charge >= 0.3 is 0 Å². The summed E-state index contributed by atoms with van der Waals surface area (Å²) in [5.74, 6) is 0. The molecule has 0 atom stereocenters. The summed E-state index contributed by atoms with van der Waals surface area (Å²) in [4.78, 5) is 9.49. The van der Waals surface area contributed by atoms with Crippen LogP contribution in [0.1, 0.15) is 0 Å². The Hall–Kier alpha value is 0.0900. The highest BCUT2D eigenvalue weighted by atomic mass is 35.5. The van der Waals surface area contributed by atoms with Gasteiger partial charge in [0.2, 0.25) is 0 Å². The third-order valence-electron chi connectivity index (χ3n) is 0.729. The monoisotopic (exact) mass is 187 g/mol. The summed E-state index contributed by atoms with van der Waals surface area (Å²) in [7, 11) is 1.55. The molecule has 0 saturated carbocycles. The Balaban J connectivity index is 0. The van der Waals surface area contributed by atoms with E-state index in [1.54, 1.807) is 7.05 Å². The lowest BCUT2D eigenvalue weighted by molar-refractivity contribution is -0.356. The summed E-state index contributed by atoms with van der Waals surface area (Å²) in [5.41, 5.74) is 0. The van der Waals surface area contributed by atoms with E-state index in [9.17, 15) is 0 Å². The van der Waals surface area contributed by atoms with Crippen LogP contribution in [0.3, 0.4) is 0 Å². The summed E-state index contributed by atoms with van der Waals surface area (Å²) in [6.45, 7) is 0.295. The second-order valence-electron chi connectivity index (χ2n) is 1.55. The fraction of sp³-hybridized carbons (Fsp3) is 1.00. The Bertz CT molecular complexity index is 67.5. The zero-order chi connectivity index (χ0) is 7.82. The second kappa shape index (κ2) is 10.1. The van der Waals surface area contributed by atoms with E-state index in [4.69, 9.17) is 19.9 Å². The first-order valence-corrected chi connectivity index (χ1v) is 3.02. The van der Waals surface area contributed by atoms with Crippen molar-refractivity contribution in [2.24, 2.45) is 0 Å². The molecule has 0 saturated heterocycles. The SMILES string of the molecule is CN(OCCO)OCCO.Cl. The van der Waals surface area contributed by atoms with Crippen LogP contribution in [-0.2, 0) is 9.68 Å². The third kappa shape index (κ3) is 10.1. The smallest absolute Gasteiger partial charge is 0.0942 e.